The van der Waals surface area contributed by atoms with Crippen LogP contribution in [0.15, 0.2) is 42.6 Å². The molecule has 230 valence electrons. The van der Waals surface area contributed by atoms with Gasteiger partial charge in [0.05, 0.1) is 34.3 Å². The standard InChI is InChI=1S/C34H43N7O2Si/c1-33(2,3)44(6,7)42-22-34(4)21-38-31-25(20-36)17-24(18-27(31)34)28-10-13-37-32(39-28)40-29-16-23(19-35)8-9-30(29)43-26-11-14-41(5)15-12-26/h8-10,13,16-18,26,38H,11-12,14-15,21-22H2,1-7H3,(H,37,39,40)/t34-/m1/s1. The Kier molecular flexibility index (Phi) is 8.72. The number of nitriles is 2. The lowest BCUT2D eigenvalue weighted by Gasteiger charge is -2.39. The minimum atomic E-state index is -1.97. The zero-order valence-corrected chi connectivity index (χ0v) is 27.9. The van der Waals surface area contributed by atoms with Gasteiger partial charge in [0, 0.05) is 43.4 Å². The third kappa shape index (κ3) is 6.58. The van der Waals surface area contributed by atoms with Crippen LogP contribution in [-0.2, 0) is 9.84 Å². The molecule has 44 heavy (non-hydrogen) atoms. The molecule has 0 radical (unpaired) electrons. The summed E-state index contributed by atoms with van der Waals surface area (Å²) in [6.45, 7) is 16.7. The van der Waals surface area contributed by atoms with E-state index < -0.39 is 8.32 Å². The third-order valence-corrected chi connectivity index (χ3v) is 13.9. The van der Waals surface area contributed by atoms with E-state index in [2.05, 4.69) is 86.6 Å². The van der Waals surface area contributed by atoms with Crippen LogP contribution in [0.3, 0.4) is 0 Å². The van der Waals surface area contributed by atoms with Crippen molar-refractivity contribution < 1.29 is 9.16 Å². The van der Waals surface area contributed by atoms with Gasteiger partial charge in [-0.25, -0.2) is 9.97 Å². The Bertz CT molecular complexity index is 1610. The maximum atomic E-state index is 10.1. The molecular formula is C34H43N7O2Si. The van der Waals surface area contributed by atoms with Gasteiger partial charge in [0.15, 0.2) is 8.32 Å². The highest BCUT2D eigenvalue weighted by Gasteiger charge is 2.42. The molecule has 1 fully saturated rings. The van der Waals surface area contributed by atoms with Crippen molar-refractivity contribution in [3.05, 3.63) is 59.3 Å². The number of benzene rings is 2. The highest BCUT2D eigenvalue weighted by atomic mass is 28.4. The van der Waals surface area contributed by atoms with Gasteiger partial charge in [0.2, 0.25) is 5.95 Å². The summed E-state index contributed by atoms with van der Waals surface area (Å²) in [6.07, 6.45) is 3.69. The minimum absolute atomic E-state index is 0.103. The number of hydrogen-bond acceptors (Lipinski definition) is 9. The second-order valence-electron chi connectivity index (χ2n) is 13.9. The summed E-state index contributed by atoms with van der Waals surface area (Å²) >= 11 is 0. The molecule has 0 amide bonds. The number of aromatic nitrogens is 2. The predicted octanol–water partition coefficient (Wildman–Crippen LogP) is 6.81. The first kappa shape index (κ1) is 31.5. The molecule has 1 saturated heterocycles. The fourth-order valence-corrected chi connectivity index (χ4v) is 6.50. The summed E-state index contributed by atoms with van der Waals surface area (Å²) in [5, 5.41) is 26.5. The summed E-state index contributed by atoms with van der Waals surface area (Å²) < 4.78 is 13.1. The number of hydrogen-bond donors (Lipinski definition) is 2. The molecule has 0 spiro atoms. The number of fused-ring (bicyclic) bond motifs is 1. The molecule has 0 unspecified atom stereocenters. The summed E-state index contributed by atoms with van der Waals surface area (Å²) in [5.74, 6) is 1.05. The molecular weight excluding hydrogens is 567 g/mol. The Labute approximate surface area is 262 Å². The Morgan fingerprint density at radius 3 is 2.55 bits per heavy atom. The number of rotatable bonds is 8. The summed E-state index contributed by atoms with van der Waals surface area (Å²) in [5.41, 5.74) is 4.91. The maximum Gasteiger partial charge on any atom is 0.227 e. The minimum Gasteiger partial charge on any atom is -0.488 e. The molecule has 1 aromatic heterocycles. The van der Waals surface area contributed by atoms with Crippen molar-refractivity contribution in [2.75, 3.05) is 43.9 Å². The summed E-state index contributed by atoms with van der Waals surface area (Å²) in [6, 6.07) is 15.8. The third-order valence-electron chi connectivity index (χ3n) is 9.39. The van der Waals surface area contributed by atoms with Crippen LogP contribution in [0.1, 0.15) is 57.2 Å². The van der Waals surface area contributed by atoms with E-state index in [9.17, 15) is 10.5 Å². The lowest BCUT2D eigenvalue weighted by atomic mass is 9.83. The van der Waals surface area contributed by atoms with Gasteiger partial charge in [-0.1, -0.05) is 27.7 Å². The topological polar surface area (TPSA) is 119 Å². The van der Waals surface area contributed by atoms with E-state index in [4.69, 9.17) is 14.1 Å². The smallest absolute Gasteiger partial charge is 0.227 e. The van der Waals surface area contributed by atoms with Crippen molar-refractivity contribution in [2.24, 2.45) is 0 Å². The highest BCUT2D eigenvalue weighted by Crippen LogP contribution is 2.44. The molecule has 5 rings (SSSR count). The van der Waals surface area contributed by atoms with E-state index >= 15 is 0 Å². The molecule has 0 aliphatic carbocycles. The van der Waals surface area contributed by atoms with Gasteiger partial charge < -0.3 is 24.7 Å². The van der Waals surface area contributed by atoms with E-state index in [0.29, 0.717) is 47.4 Å². The van der Waals surface area contributed by atoms with Gasteiger partial charge >= 0.3 is 0 Å². The fourth-order valence-electron chi connectivity index (χ4n) is 5.39. The molecule has 1 atom stereocenters. The predicted molar refractivity (Wildman–Crippen MR) is 177 cm³/mol. The lowest BCUT2D eigenvalue weighted by molar-refractivity contribution is 0.115. The molecule has 2 aliphatic rings. The van der Waals surface area contributed by atoms with E-state index in [1.807, 2.05) is 18.2 Å². The van der Waals surface area contributed by atoms with Crippen molar-refractivity contribution in [2.45, 2.75) is 70.2 Å². The lowest BCUT2D eigenvalue weighted by Crippen LogP contribution is -2.45. The normalized spacial score (nSPS) is 19.0. The molecule has 0 saturated carbocycles. The number of nitrogens with one attached hydrogen (secondary N) is 2. The quantitative estimate of drug-likeness (QED) is 0.266. The van der Waals surface area contributed by atoms with Crippen LogP contribution in [0.25, 0.3) is 11.3 Å². The number of anilines is 3. The van der Waals surface area contributed by atoms with Crippen molar-refractivity contribution in [1.82, 2.24) is 14.9 Å². The van der Waals surface area contributed by atoms with Crippen LogP contribution in [0.2, 0.25) is 18.1 Å². The van der Waals surface area contributed by atoms with Crippen molar-refractivity contribution in [1.29, 1.82) is 10.5 Å². The maximum absolute atomic E-state index is 10.1. The SMILES string of the molecule is CN1CCC(Oc2ccc(C#N)cc2Nc2nccc(-c3cc(C#N)c4c(c3)[C@@](C)(CO[Si](C)(C)C(C)(C)C)CN4)n2)CC1. The van der Waals surface area contributed by atoms with Gasteiger partial charge in [0.25, 0.3) is 0 Å². The van der Waals surface area contributed by atoms with E-state index in [1.54, 1.807) is 18.3 Å². The first-order valence-corrected chi connectivity index (χ1v) is 18.2. The van der Waals surface area contributed by atoms with Crippen molar-refractivity contribution in [3.63, 3.8) is 0 Å². The largest absolute Gasteiger partial charge is 0.488 e. The summed E-state index contributed by atoms with van der Waals surface area (Å²) in [7, 11) is 0.153. The Morgan fingerprint density at radius 1 is 1.11 bits per heavy atom. The second-order valence-corrected chi connectivity index (χ2v) is 18.7. The molecule has 0 bridgehead atoms. The molecule has 10 heteroatoms. The van der Waals surface area contributed by atoms with Gasteiger partial charge in [-0.2, -0.15) is 10.5 Å². The van der Waals surface area contributed by atoms with Crippen LogP contribution >= 0.6 is 0 Å². The second kappa shape index (κ2) is 12.2. The number of piperidine rings is 1. The Balaban J connectivity index is 1.43. The van der Waals surface area contributed by atoms with Crippen LogP contribution in [0.5, 0.6) is 5.75 Å². The number of likely N-dealkylation sites (tertiary alicyclic amines) is 1. The summed E-state index contributed by atoms with van der Waals surface area (Å²) in [4.78, 5) is 11.6. The molecule has 2 aliphatic heterocycles. The first-order valence-electron chi connectivity index (χ1n) is 15.3. The highest BCUT2D eigenvalue weighted by molar-refractivity contribution is 6.74. The van der Waals surface area contributed by atoms with Gasteiger partial charge in [-0.3, -0.25) is 0 Å². The average molecular weight is 610 g/mol. The van der Waals surface area contributed by atoms with Gasteiger partial charge in [-0.05, 0) is 80.0 Å². The Morgan fingerprint density at radius 2 is 1.86 bits per heavy atom. The molecule has 9 nitrogen and oxygen atoms in total. The average Bonchev–Trinajstić information content (AvgIpc) is 3.34. The van der Waals surface area contributed by atoms with E-state index in [-0.39, 0.29) is 16.6 Å². The van der Waals surface area contributed by atoms with Crippen molar-refractivity contribution in [3.8, 4) is 29.1 Å². The molecule has 3 heterocycles. The van der Waals surface area contributed by atoms with Crippen LogP contribution in [0, 0.1) is 22.7 Å². The Hall–Kier alpha value is -3.96. The fraction of sp³-hybridized carbons (Fsp3) is 0.471. The van der Waals surface area contributed by atoms with Crippen LogP contribution in [-0.4, -0.2) is 62.6 Å². The van der Waals surface area contributed by atoms with Crippen LogP contribution in [0.4, 0.5) is 17.3 Å². The molecule has 2 aromatic carbocycles. The van der Waals surface area contributed by atoms with Gasteiger partial charge in [0.1, 0.15) is 17.9 Å². The van der Waals surface area contributed by atoms with E-state index in [1.165, 1.54) is 0 Å². The first-order chi connectivity index (χ1) is 20.8. The number of nitrogens with zero attached hydrogens (tertiary/aromatic N) is 5. The zero-order chi connectivity index (χ0) is 31.7. The van der Waals surface area contributed by atoms with Crippen molar-refractivity contribution >= 4 is 25.6 Å². The van der Waals surface area contributed by atoms with E-state index in [0.717, 1.165) is 42.7 Å². The number of ether oxygens (including phenoxy) is 1. The molecule has 3 aromatic rings. The molecule has 2 N–H and O–H groups in total. The monoisotopic (exact) mass is 609 g/mol. The zero-order valence-electron chi connectivity index (χ0n) is 26.9. The van der Waals surface area contributed by atoms with Gasteiger partial charge in [-0.15, -0.1) is 0 Å². The van der Waals surface area contributed by atoms with Crippen LogP contribution < -0.4 is 15.4 Å².